The zero-order chi connectivity index (χ0) is 14.5. The summed E-state index contributed by atoms with van der Waals surface area (Å²) >= 11 is 0. The van der Waals surface area contributed by atoms with Crippen LogP contribution in [0.15, 0.2) is 24.3 Å². The lowest BCUT2D eigenvalue weighted by atomic mass is 10.1. The van der Waals surface area contributed by atoms with Crippen molar-refractivity contribution in [1.82, 2.24) is 0 Å². The van der Waals surface area contributed by atoms with Crippen molar-refractivity contribution in [3.8, 4) is 11.5 Å². The number of hydrogen-bond acceptors (Lipinski definition) is 5. The van der Waals surface area contributed by atoms with Crippen LogP contribution in [0.4, 0.5) is 0 Å². The minimum absolute atomic E-state index is 0.0251. The molecule has 0 spiro atoms. The molecule has 1 aliphatic rings. The van der Waals surface area contributed by atoms with E-state index in [0.29, 0.717) is 17.9 Å². The molecule has 3 atom stereocenters. The summed E-state index contributed by atoms with van der Waals surface area (Å²) in [4.78, 5) is 11.1. The van der Waals surface area contributed by atoms with Gasteiger partial charge < -0.3 is 19.3 Å². The van der Waals surface area contributed by atoms with E-state index in [1.54, 1.807) is 12.1 Å². The van der Waals surface area contributed by atoms with E-state index in [-0.39, 0.29) is 24.7 Å². The van der Waals surface area contributed by atoms with Crippen LogP contribution in [-0.2, 0) is 9.53 Å². The number of aliphatic hydroxyl groups excluding tert-OH is 1. The van der Waals surface area contributed by atoms with Gasteiger partial charge >= 0.3 is 5.97 Å². The van der Waals surface area contributed by atoms with Crippen LogP contribution in [0.5, 0.6) is 11.5 Å². The third-order valence-corrected chi connectivity index (χ3v) is 3.51. The normalized spacial score (nSPS) is 25.2. The van der Waals surface area contributed by atoms with E-state index in [9.17, 15) is 9.90 Å². The number of benzene rings is 1. The largest absolute Gasteiger partial charge is 0.486 e. The number of rotatable bonds is 5. The Kier molecular flexibility index (Phi) is 4.84. The lowest BCUT2D eigenvalue weighted by Gasteiger charge is -2.16. The number of methoxy groups -OCH3 is 1. The van der Waals surface area contributed by atoms with Gasteiger partial charge in [0.25, 0.3) is 0 Å². The Morgan fingerprint density at radius 3 is 2.60 bits per heavy atom. The van der Waals surface area contributed by atoms with Crippen molar-refractivity contribution in [2.45, 2.75) is 32.0 Å². The minimum Gasteiger partial charge on any atom is -0.486 e. The maximum Gasteiger partial charge on any atom is 0.343 e. The fraction of sp³-hybridized carbons (Fsp3) is 0.533. The van der Waals surface area contributed by atoms with Gasteiger partial charge in [0.2, 0.25) is 0 Å². The second-order valence-corrected chi connectivity index (χ2v) is 5.07. The number of esters is 1. The lowest BCUT2D eigenvalue weighted by Crippen LogP contribution is -2.16. The monoisotopic (exact) mass is 280 g/mol. The molecule has 1 fully saturated rings. The van der Waals surface area contributed by atoms with E-state index in [1.807, 2.05) is 19.1 Å². The lowest BCUT2D eigenvalue weighted by molar-refractivity contribution is -0.142. The summed E-state index contributed by atoms with van der Waals surface area (Å²) in [7, 11) is 1.31. The highest BCUT2D eigenvalue weighted by atomic mass is 16.6. The zero-order valence-electron chi connectivity index (χ0n) is 11.7. The molecular weight excluding hydrogens is 260 g/mol. The maximum absolute atomic E-state index is 11.1. The molecule has 0 aliphatic heterocycles. The standard InChI is InChI=1S/C15H20O5/c1-10-7-11(8-12(10)16)20-14-6-4-3-5-13(14)19-9-15(17)18-2/h3-6,10-12,16H,7-9H2,1-2H3/t10?,11-,12-/m1/s1. The van der Waals surface area contributed by atoms with Crippen LogP contribution < -0.4 is 9.47 Å². The van der Waals surface area contributed by atoms with E-state index < -0.39 is 5.97 Å². The quantitative estimate of drug-likeness (QED) is 0.833. The van der Waals surface area contributed by atoms with E-state index in [1.165, 1.54) is 7.11 Å². The average Bonchev–Trinajstić information content (AvgIpc) is 2.76. The Bertz CT molecular complexity index is 449. The van der Waals surface area contributed by atoms with E-state index in [2.05, 4.69) is 4.74 Å². The highest BCUT2D eigenvalue weighted by molar-refractivity contribution is 5.71. The van der Waals surface area contributed by atoms with Crippen LogP contribution in [0, 0.1) is 5.92 Å². The second-order valence-electron chi connectivity index (χ2n) is 5.07. The minimum atomic E-state index is -0.440. The van der Waals surface area contributed by atoms with Crippen LogP contribution in [0.3, 0.4) is 0 Å². The molecule has 1 aliphatic carbocycles. The van der Waals surface area contributed by atoms with Gasteiger partial charge in [-0.25, -0.2) is 4.79 Å². The molecule has 110 valence electrons. The Hall–Kier alpha value is -1.75. The van der Waals surface area contributed by atoms with Crippen LogP contribution >= 0.6 is 0 Å². The van der Waals surface area contributed by atoms with Gasteiger partial charge in [-0.2, -0.15) is 0 Å². The van der Waals surface area contributed by atoms with Gasteiger partial charge in [-0.1, -0.05) is 19.1 Å². The van der Waals surface area contributed by atoms with Crippen LogP contribution in [0.2, 0.25) is 0 Å². The molecule has 0 bridgehead atoms. The zero-order valence-corrected chi connectivity index (χ0v) is 11.7. The molecule has 1 saturated carbocycles. The number of carbonyl (C=O) groups excluding carboxylic acids is 1. The van der Waals surface area contributed by atoms with Gasteiger partial charge in [0, 0.05) is 6.42 Å². The van der Waals surface area contributed by atoms with Gasteiger partial charge in [0.05, 0.1) is 13.2 Å². The molecular formula is C15H20O5. The smallest absolute Gasteiger partial charge is 0.343 e. The maximum atomic E-state index is 11.1. The fourth-order valence-corrected chi connectivity index (χ4v) is 2.31. The summed E-state index contributed by atoms with van der Waals surface area (Å²) in [5.41, 5.74) is 0. The molecule has 1 N–H and O–H groups in total. The topological polar surface area (TPSA) is 65.0 Å². The molecule has 0 heterocycles. The molecule has 20 heavy (non-hydrogen) atoms. The molecule has 0 saturated heterocycles. The SMILES string of the molecule is COC(=O)COc1ccccc1O[C@@H]1CC(C)[C@H](O)C1. The number of aliphatic hydroxyl groups is 1. The van der Waals surface area contributed by atoms with Gasteiger partial charge in [-0.05, 0) is 24.5 Å². The number of para-hydroxylation sites is 2. The van der Waals surface area contributed by atoms with Crippen LogP contribution in [-0.4, -0.2) is 37.0 Å². The predicted molar refractivity (Wildman–Crippen MR) is 72.8 cm³/mol. The highest BCUT2D eigenvalue weighted by Gasteiger charge is 2.31. The Morgan fingerprint density at radius 1 is 1.30 bits per heavy atom. The summed E-state index contributed by atoms with van der Waals surface area (Å²) in [6, 6.07) is 7.19. The first-order chi connectivity index (χ1) is 9.60. The first-order valence-electron chi connectivity index (χ1n) is 6.73. The summed E-state index contributed by atoms with van der Waals surface area (Å²) < 4.78 is 15.8. The fourth-order valence-electron chi connectivity index (χ4n) is 2.31. The van der Waals surface area contributed by atoms with Gasteiger partial charge in [-0.15, -0.1) is 0 Å². The molecule has 5 heteroatoms. The van der Waals surface area contributed by atoms with E-state index in [0.717, 1.165) is 6.42 Å². The summed E-state index contributed by atoms with van der Waals surface area (Å²) in [6.07, 6.45) is 1.09. The summed E-state index contributed by atoms with van der Waals surface area (Å²) in [5.74, 6) is 0.891. The van der Waals surface area contributed by atoms with Crippen molar-refractivity contribution in [1.29, 1.82) is 0 Å². The average molecular weight is 280 g/mol. The van der Waals surface area contributed by atoms with Crippen molar-refractivity contribution in [3.63, 3.8) is 0 Å². The predicted octanol–water partition coefficient (Wildman–Crippen LogP) is 1.78. The molecule has 0 aromatic heterocycles. The molecule has 1 unspecified atom stereocenters. The van der Waals surface area contributed by atoms with E-state index >= 15 is 0 Å². The Labute approximate surface area is 118 Å². The van der Waals surface area contributed by atoms with Gasteiger partial charge in [-0.3, -0.25) is 0 Å². The third kappa shape index (κ3) is 3.63. The summed E-state index contributed by atoms with van der Waals surface area (Å²) in [5, 5.41) is 9.75. The highest BCUT2D eigenvalue weighted by Crippen LogP contribution is 2.33. The molecule has 1 aromatic rings. The number of hydrogen-bond donors (Lipinski definition) is 1. The van der Waals surface area contributed by atoms with Crippen molar-refractivity contribution in [2.75, 3.05) is 13.7 Å². The van der Waals surface area contributed by atoms with Gasteiger partial charge in [0.1, 0.15) is 6.10 Å². The third-order valence-electron chi connectivity index (χ3n) is 3.51. The summed E-state index contributed by atoms with van der Waals surface area (Å²) in [6.45, 7) is 1.86. The first kappa shape index (κ1) is 14.7. The van der Waals surface area contributed by atoms with Crippen LogP contribution in [0.1, 0.15) is 19.8 Å². The molecule has 2 rings (SSSR count). The van der Waals surface area contributed by atoms with Crippen molar-refractivity contribution in [3.05, 3.63) is 24.3 Å². The number of ether oxygens (including phenoxy) is 3. The Morgan fingerprint density at radius 2 is 2.00 bits per heavy atom. The Balaban J connectivity index is 1.99. The van der Waals surface area contributed by atoms with Crippen molar-refractivity contribution >= 4 is 5.97 Å². The van der Waals surface area contributed by atoms with E-state index in [4.69, 9.17) is 9.47 Å². The molecule has 0 amide bonds. The molecule has 5 nitrogen and oxygen atoms in total. The van der Waals surface area contributed by atoms with Crippen molar-refractivity contribution < 1.29 is 24.1 Å². The van der Waals surface area contributed by atoms with Crippen molar-refractivity contribution in [2.24, 2.45) is 5.92 Å². The molecule has 1 aromatic carbocycles. The number of carbonyl (C=O) groups is 1. The molecule has 0 radical (unpaired) electrons. The van der Waals surface area contributed by atoms with Gasteiger partial charge in [0.15, 0.2) is 18.1 Å². The van der Waals surface area contributed by atoms with Crippen LogP contribution in [0.25, 0.3) is 0 Å². The first-order valence-corrected chi connectivity index (χ1v) is 6.73. The second kappa shape index (κ2) is 6.61.